The molecule has 2 atom stereocenters. The van der Waals surface area contributed by atoms with Crippen molar-refractivity contribution in [2.45, 2.75) is 45.3 Å². The lowest BCUT2D eigenvalue weighted by Gasteiger charge is -2.37. The first-order valence-corrected chi connectivity index (χ1v) is 9.86. The molecule has 2 unspecified atom stereocenters. The van der Waals surface area contributed by atoms with Crippen molar-refractivity contribution in [3.8, 4) is 0 Å². The lowest BCUT2D eigenvalue weighted by atomic mass is 9.88. The third kappa shape index (κ3) is 7.53. The van der Waals surface area contributed by atoms with Crippen LogP contribution in [0.5, 0.6) is 0 Å². The Hall–Kier alpha value is -2.35. The van der Waals surface area contributed by atoms with Crippen molar-refractivity contribution in [3.05, 3.63) is 35.6 Å². The van der Waals surface area contributed by atoms with Gasteiger partial charge in [0, 0.05) is 25.6 Å². The number of hydrogen-bond acceptors (Lipinski definition) is 5. The highest BCUT2D eigenvalue weighted by atomic mass is 19.1. The Kier molecular flexibility index (Phi) is 8.25. The molecule has 1 saturated heterocycles. The molecule has 1 aliphatic rings. The predicted molar refractivity (Wildman–Crippen MR) is 106 cm³/mol. The average Bonchev–Trinajstić information content (AvgIpc) is 2.66. The van der Waals surface area contributed by atoms with E-state index in [9.17, 15) is 14.0 Å². The van der Waals surface area contributed by atoms with Gasteiger partial charge in [0.25, 0.3) is 0 Å². The second-order valence-electron chi connectivity index (χ2n) is 8.09. The van der Waals surface area contributed by atoms with Gasteiger partial charge in [0.05, 0.1) is 19.8 Å². The zero-order valence-electron chi connectivity index (χ0n) is 17.6. The van der Waals surface area contributed by atoms with Crippen molar-refractivity contribution in [1.29, 1.82) is 0 Å². The molecule has 1 heterocycles. The fourth-order valence-corrected chi connectivity index (χ4v) is 3.35. The van der Waals surface area contributed by atoms with Crippen LogP contribution in [0.2, 0.25) is 0 Å². The molecular formula is C21H31FN2O5. The molecule has 0 spiro atoms. The maximum atomic E-state index is 13.8. The highest BCUT2D eigenvalue weighted by Gasteiger charge is 2.33. The zero-order chi connectivity index (χ0) is 21.4. The Morgan fingerprint density at radius 3 is 2.76 bits per heavy atom. The largest absolute Gasteiger partial charge is 0.453 e. The van der Waals surface area contributed by atoms with E-state index in [0.29, 0.717) is 18.7 Å². The summed E-state index contributed by atoms with van der Waals surface area (Å²) in [7, 11) is 1.29. The monoisotopic (exact) mass is 410 g/mol. The number of hydrogen-bond donors (Lipinski definition) is 1. The van der Waals surface area contributed by atoms with E-state index < -0.39 is 17.8 Å². The van der Waals surface area contributed by atoms with Crippen LogP contribution in [0.3, 0.4) is 0 Å². The van der Waals surface area contributed by atoms with E-state index in [1.807, 2.05) is 26.8 Å². The van der Waals surface area contributed by atoms with Gasteiger partial charge in [-0.3, -0.25) is 0 Å². The van der Waals surface area contributed by atoms with E-state index in [4.69, 9.17) is 9.47 Å². The number of alkyl carbamates (subject to hydrolysis) is 1. The van der Waals surface area contributed by atoms with E-state index in [1.54, 1.807) is 11.0 Å². The molecule has 1 fully saturated rings. The number of likely N-dealkylation sites (tertiary alicyclic amines) is 1. The summed E-state index contributed by atoms with van der Waals surface area (Å²) in [6, 6.07) is 6.29. The van der Waals surface area contributed by atoms with Gasteiger partial charge < -0.3 is 24.4 Å². The van der Waals surface area contributed by atoms with Crippen molar-refractivity contribution in [2.24, 2.45) is 5.92 Å². The van der Waals surface area contributed by atoms with Crippen molar-refractivity contribution >= 4 is 12.2 Å². The number of benzene rings is 1. The lowest BCUT2D eigenvalue weighted by Crippen LogP contribution is -2.44. The summed E-state index contributed by atoms with van der Waals surface area (Å²) in [4.78, 5) is 25.4. The first-order valence-electron chi connectivity index (χ1n) is 9.86. The number of nitrogens with zero attached hydrogens (tertiary/aromatic N) is 1. The Balaban J connectivity index is 2.08. The number of methoxy groups -OCH3 is 1. The second-order valence-corrected chi connectivity index (χ2v) is 8.09. The summed E-state index contributed by atoms with van der Waals surface area (Å²) in [5.74, 6) is -0.361. The summed E-state index contributed by atoms with van der Waals surface area (Å²) >= 11 is 0. The lowest BCUT2D eigenvalue weighted by molar-refractivity contribution is -0.0246. The molecule has 1 aliphatic heterocycles. The Bertz CT molecular complexity index is 692. The minimum absolute atomic E-state index is 0.0174. The van der Waals surface area contributed by atoms with Gasteiger partial charge in [0.15, 0.2) is 0 Å². The number of carbonyl (C=O) groups is 2. The molecule has 7 nitrogen and oxygen atoms in total. The summed E-state index contributed by atoms with van der Waals surface area (Å²) in [5, 5.41) is 2.56. The van der Waals surface area contributed by atoms with Crippen molar-refractivity contribution in [2.75, 3.05) is 33.4 Å². The van der Waals surface area contributed by atoms with Crippen LogP contribution in [0.1, 0.15) is 45.3 Å². The van der Waals surface area contributed by atoms with Crippen molar-refractivity contribution in [1.82, 2.24) is 10.2 Å². The molecule has 0 aromatic heterocycles. The maximum absolute atomic E-state index is 13.8. The van der Waals surface area contributed by atoms with Crippen LogP contribution >= 0.6 is 0 Å². The topological polar surface area (TPSA) is 77.1 Å². The van der Waals surface area contributed by atoms with E-state index in [2.05, 4.69) is 10.1 Å². The molecule has 2 amide bonds. The van der Waals surface area contributed by atoms with Gasteiger partial charge in [-0.1, -0.05) is 12.1 Å². The molecule has 2 rings (SSSR count). The molecule has 8 heteroatoms. The first-order chi connectivity index (χ1) is 13.7. The van der Waals surface area contributed by atoms with E-state index in [-0.39, 0.29) is 31.0 Å². The van der Waals surface area contributed by atoms with E-state index in [1.165, 1.54) is 19.2 Å². The molecule has 29 heavy (non-hydrogen) atoms. The molecule has 1 N–H and O–H groups in total. The van der Waals surface area contributed by atoms with Crippen molar-refractivity contribution < 1.29 is 28.2 Å². The van der Waals surface area contributed by atoms with Crippen LogP contribution in [0.25, 0.3) is 0 Å². The van der Waals surface area contributed by atoms with Gasteiger partial charge in [-0.05, 0) is 51.3 Å². The summed E-state index contributed by atoms with van der Waals surface area (Å²) < 4.78 is 29.9. The number of ether oxygens (including phenoxy) is 3. The van der Waals surface area contributed by atoms with Crippen molar-refractivity contribution in [3.63, 3.8) is 0 Å². The second kappa shape index (κ2) is 10.4. The molecular weight excluding hydrogens is 379 g/mol. The standard InChI is InChI=1S/C21H31FN2O5/c1-21(2,3)29-20(26)24-11-6-8-16(14-24)18(15-7-5-9-17(22)13-15)28-12-10-23-19(25)27-4/h5,7,9,13,16,18H,6,8,10-12,14H2,1-4H3,(H,23,25). The van der Waals surface area contributed by atoms with Gasteiger partial charge in [-0.15, -0.1) is 0 Å². The Morgan fingerprint density at radius 2 is 2.10 bits per heavy atom. The third-order valence-electron chi connectivity index (χ3n) is 4.57. The Labute approximate surface area is 171 Å². The third-order valence-corrected chi connectivity index (χ3v) is 4.57. The molecule has 0 bridgehead atoms. The number of carbonyl (C=O) groups excluding carboxylic acids is 2. The smallest absolute Gasteiger partial charge is 0.410 e. The number of piperidine rings is 1. The zero-order valence-corrected chi connectivity index (χ0v) is 17.6. The van der Waals surface area contributed by atoms with E-state index in [0.717, 1.165) is 12.8 Å². The molecule has 162 valence electrons. The number of halogens is 1. The van der Waals surface area contributed by atoms with Crippen LogP contribution < -0.4 is 5.32 Å². The highest BCUT2D eigenvalue weighted by Crippen LogP contribution is 2.33. The van der Waals surface area contributed by atoms with Gasteiger partial charge in [-0.25, -0.2) is 14.0 Å². The van der Waals surface area contributed by atoms with Crippen LogP contribution in [0, 0.1) is 11.7 Å². The van der Waals surface area contributed by atoms with Crippen LogP contribution in [-0.2, 0) is 14.2 Å². The summed E-state index contributed by atoms with van der Waals surface area (Å²) in [6.45, 7) is 7.07. The molecule has 0 aliphatic carbocycles. The maximum Gasteiger partial charge on any atom is 0.410 e. The minimum Gasteiger partial charge on any atom is -0.453 e. The van der Waals surface area contributed by atoms with Gasteiger partial charge in [0.2, 0.25) is 0 Å². The average molecular weight is 410 g/mol. The number of nitrogens with one attached hydrogen (secondary N) is 1. The quantitative estimate of drug-likeness (QED) is 0.720. The normalized spacial score (nSPS) is 18.1. The molecule has 1 aromatic carbocycles. The minimum atomic E-state index is -0.567. The van der Waals surface area contributed by atoms with Gasteiger partial charge in [0.1, 0.15) is 11.4 Å². The Morgan fingerprint density at radius 1 is 1.34 bits per heavy atom. The number of rotatable bonds is 6. The van der Waals surface area contributed by atoms with Gasteiger partial charge >= 0.3 is 12.2 Å². The van der Waals surface area contributed by atoms with Crippen LogP contribution in [-0.4, -0.2) is 56.0 Å². The predicted octanol–water partition coefficient (Wildman–Crippen LogP) is 3.89. The molecule has 0 saturated carbocycles. The van der Waals surface area contributed by atoms with Crippen LogP contribution in [0.4, 0.5) is 14.0 Å². The number of amides is 2. The van der Waals surface area contributed by atoms with Crippen LogP contribution in [0.15, 0.2) is 24.3 Å². The SMILES string of the molecule is COC(=O)NCCOC(c1cccc(F)c1)C1CCCN(C(=O)OC(C)(C)C)C1. The summed E-state index contributed by atoms with van der Waals surface area (Å²) in [6.07, 6.45) is 0.345. The highest BCUT2D eigenvalue weighted by molar-refractivity contribution is 5.68. The first kappa shape index (κ1) is 22.9. The fourth-order valence-electron chi connectivity index (χ4n) is 3.35. The fraction of sp³-hybridized carbons (Fsp3) is 0.619. The van der Waals surface area contributed by atoms with Gasteiger partial charge in [-0.2, -0.15) is 0 Å². The summed E-state index contributed by atoms with van der Waals surface area (Å²) in [5.41, 5.74) is 0.140. The van der Waals surface area contributed by atoms with E-state index >= 15 is 0 Å². The molecule has 1 aromatic rings. The molecule has 0 radical (unpaired) electrons.